The van der Waals surface area contributed by atoms with Gasteiger partial charge in [-0.3, -0.25) is 0 Å². The van der Waals surface area contributed by atoms with Crippen LogP contribution >= 0.6 is 22.7 Å². The summed E-state index contributed by atoms with van der Waals surface area (Å²) in [6, 6.07) is 1.83. The number of carboxylic acids is 1. The molecule has 0 atom stereocenters. The van der Waals surface area contributed by atoms with Gasteiger partial charge in [-0.25, -0.2) is 9.78 Å². The summed E-state index contributed by atoms with van der Waals surface area (Å²) in [5.41, 5.74) is 0.848. The molecule has 6 heteroatoms. The number of hydrogen-bond acceptors (Lipinski definition) is 5. The second-order valence-electron chi connectivity index (χ2n) is 4.68. The van der Waals surface area contributed by atoms with E-state index in [9.17, 15) is 9.90 Å². The molecule has 0 saturated carbocycles. The van der Waals surface area contributed by atoms with Crippen LogP contribution in [0.25, 0.3) is 0 Å². The third-order valence-corrected chi connectivity index (χ3v) is 5.20. The topological polar surface area (TPSA) is 59.4 Å². The molecule has 2 heterocycles. The minimum absolute atomic E-state index is 0.264. The number of ether oxygens (including phenoxy) is 1. The second-order valence-corrected chi connectivity index (χ2v) is 6.70. The maximum absolute atomic E-state index is 11.2. The summed E-state index contributed by atoms with van der Waals surface area (Å²) in [6.45, 7) is 6.44. The molecule has 0 radical (unpaired) electrons. The lowest BCUT2D eigenvalue weighted by molar-refractivity contribution is 0.0697. The van der Waals surface area contributed by atoms with E-state index in [0.29, 0.717) is 18.3 Å². The molecular formula is C14H17NO3S2. The number of aromatic nitrogens is 1. The monoisotopic (exact) mass is 311 g/mol. The van der Waals surface area contributed by atoms with Gasteiger partial charge in [0, 0.05) is 10.3 Å². The number of carbonyl (C=O) groups is 1. The zero-order valence-electron chi connectivity index (χ0n) is 11.7. The van der Waals surface area contributed by atoms with Gasteiger partial charge in [-0.05, 0) is 18.4 Å². The number of thiophene rings is 1. The lowest BCUT2D eigenvalue weighted by atomic mass is 10.2. The number of thiazole rings is 1. The van der Waals surface area contributed by atoms with Gasteiger partial charge in [0.2, 0.25) is 0 Å². The minimum atomic E-state index is -0.940. The zero-order chi connectivity index (χ0) is 14.7. The highest BCUT2D eigenvalue weighted by Gasteiger charge is 2.18. The smallest absolute Gasteiger partial charge is 0.349 e. The van der Waals surface area contributed by atoms with Crippen molar-refractivity contribution in [3.8, 4) is 5.75 Å². The Balaban J connectivity index is 2.13. The molecule has 0 fully saturated rings. The van der Waals surface area contributed by atoms with Crippen molar-refractivity contribution >= 4 is 28.6 Å². The first-order chi connectivity index (χ1) is 9.51. The molecule has 2 aromatic heterocycles. The average molecular weight is 311 g/mol. The number of hydrogen-bond donors (Lipinski definition) is 1. The fourth-order valence-electron chi connectivity index (χ4n) is 1.66. The SMILES string of the molecule is CCc1nc(COc2cc(C(C)C)sc2C(=O)O)cs1. The summed E-state index contributed by atoms with van der Waals surface area (Å²) >= 11 is 2.88. The van der Waals surface area contributed by atoms with Crippen molar-refractivity contribution in [2.75, 3.05) is 0 Å². The fraction of sp³-hybridized carbons (Fsp3) is 0.429. The molecule has 108 valence electrons. The van der Waals surface area contributed by atoms with Gasteiger partial charge in [0.1, 0.15) is 12.4 Å². The summed E-state index contributed by atoms with van der Waals surface area (Å²) in [4.78, 5) is 16.9. The average Bonchev–Trinajstić information content (AvgIpc) is 3.02. The van der Waals surface area contributed by atoms with Crippen molar-refractivity contribution in [3.05, 3.63) is 31.9 Å². The molecule has 0 saturated heterocycles. The fourth-order valence-corrected chi connectivity index (χ4v) is 3.34. The Morgan fingerprint density at radius 3 is 2.80 bits per heavy atom. The van der Waals surface area contributed by atoms with Crippen LogP contribution < -0.4 is 4.74 Å². The van der Waals surface area contributed by atoms with Crippen LogP contribution in [0, 0.1) is 0 Å². The summed E-state index contributed by atoms with van der Waals surface area (Å²) in [5.74, 6) is -0.205. The molecule has 0 aromatic carbocycles. The third kappa shape index (κ3) is 3.37. The Hall–Kier alpha value is -1.40. The Kier molecular flexibility index (Phi) is 4.77. The summed E-state index contributed by atoms with van der Waals surface area (Å²) in [6.07, 6.45) is 0.904. The largest absolute Gasteiger partial charge is 0.485 e. The van der Waals surface area contributed by atoms with Crippen molar-refractivity contribution in [1.82, 2.24) is 4.98 Å². The second kappa shape index (κ2) is 6.37. The van der Waals surface area contributed by atoms with Crippen LogP contribution in [0.5, 0.6) is 5.75 Å². The van der Waals surface area contributed by atoms with Gasteiger partial charge in [0.15, 0.2) is 4.88 Å². The Labute approximate surface area is 126 Å². The van der Waals surface area contributed by atoms with Gasteiger partial charge in [0.25, 0.3) is 0 Å². The van der Waals surface area contributed by atoms with Crippen LogP contribution in [0.3, 0.4) is 0 Å². The highest BCUT2D eigenvalue weighted by atomic mass is 32.1. The lowest BCUT2D eigenvalue weighted by Gasteiger charge is -2.02. The highest BCUT2D eigenvalue weighted by molar-refractivity contribution is 7.14. The summed E-state index contributed by atoms with van der Waals surface area (Å²) in [7, 11) is 0. The molecule has 20 heavy (non-hydrogen) atoms. The number of rotatable bonds is 6. The molecule has 0 aliphatic heterocycles. The van der Waals surface area contributed by atoms with E-state index in [4.69, 9.17) is 4.74 Å². The molecular weight excluding hydrogens is 294 g/mol. The Bertz CT molecular complexity index is 601. The van der Waals surface area contributed by atoms with E-state index >= 15 is 0 Å². The maximum atomic E-state index is 11.2. The molecule has 2 aromatic rings. The Morgan fingerprint density at radius 1 is 1.50 bits per heavy atom. The summed E-state index contributed by atoms with van der Waals surface area (Å²) in [5, 5.41) is 12.2. The molecule has 0 bridgehead atoms. The first-order valence-electron chi connectivity index (χ1n) is 6.44. The van der Waals surface area contributed by atoms with E-state index in [1.807, 2.05) is 25.3 Å². The molecule has 0 aliphatic rings. The van der Waals surface area contributed by atoms with Gasteiger partial charge in [-0.15, -0.1) is 22.7 Å². The molecule has 0 amide bonds. The van der Waals surface area contributed by atoms with Crippen molar-refractivity contribution < 1.29 is 14.6 Å². The first kappa shape index (κ1) is 15.0. The van der Waals surface area contributed by atoms with E-state index < -0.39 is 5.97 Å². The lowest BCUT2D eigenvalue weighted by Crippen LogP contribution is -2.00. The van der Waals surface area contributed by atoms with Crippen LogP contribution in [-0.4, -0.2) is 16.1 Å². The zero-order valence-corrected chi connectivity index (χ0v) is 13.3. The number of nitrogens with zero attached hydrogens (tertiary/aromatic N) is 1. The quantitative estimate of drug-likeness (QED) is 0.870. The van der Waals surface area contributed by atoms with Gasteiger partial charge in [0.05, 0.1) is 10.7 Å². The standard InChI is InChI=1S/C14H17NO3S2/c1-4-12-15-9(7-19-12)6-18-10-5-11(8(2)3)20-13(10)14(16)17/h5,7-8H,4,6H2,1-3H3,(H,16,17). The van der Waals surface area contributed by atoms with E-state index in [1.165, 1.54) is 11.3 Å². The van der Waals surface area contributed by atoms with E-state index in [1.54, 1.807) is 11.3 Å². The van der Waals surface area contributed by atoms with Crippen LogP contribution in [0.15, 0.2) is 11.4 Å². The molecule has 0 spiro atoms. The normalized spacial score (nSPS) is 11.0. The molecule has 4 nitrogen and oxygen atoms in total. The number of aryl methyl sites for hydroxylation is 1. The maximum Gasteiger partial charge on any atom is 0.349 e. The van der Waals surface area contributed by atoms with Gasteiger partial charge in [-0.2, -0.15) is 0 Å². The predicted molar refractivity (Wildman–Crippen MR) is 81.2 cm³/mol. The highest BCUT2D eigenvalue weighted by Crippen LogP contribution is 2.34. The Morgan fingerprint density at radius 2 is 2.25 bits per heavy atom. The van der Waals surface area contributed by atoms with Crippen molar-refractivity contribution in [1.29, 1.82) is 0 Å². The minimum Gasteiger partial charge on any atom is -0.485 e. The number of carboxylic acid groups (broad SMARTS) is 1. The van der Waals surface area contributed by atoms with E-state index in [0.717, 1.165) is 22.0 Å². The van der Waals surface area contributed by atoms with Crippen LogP contribution in [-0.2, 0) is 13.0 Å². The first-order valence-corrected chi connectivity index (χ1v) is 8.14. The van der Waals surface area contributed by atoms with Crippen molar-refractivity contribution in [2.45, 2.75) is 39.7 Å². The van der Waals surface area contributed by atoms with Gasteiger partial charge >= 0.3 is 5.97 Å². The predicted octanol–water partition coefficient (Wildman–Crippen LogP) is 4.17. The van der Waals surface area contributed by atoms with Gasteiger partial charge < -0.3 is 9.84 Å². The number of aromatic carboxylic acids is 1. The van der Waals surface area contributed by atoms with Gasteiger partial charge in [-0.1, -0.05) is 20.8 Å². The van der Waals surface area contributed by atoms with Crippen LogP contribution in [0.1, 0.15) is 51.9 Å². The van der Waals surface area contributed by atoms with Crippen molar-refractivity contribution in [3.63, 3.8) is 0 Å². The molecule has 2 rings (SSSR count). The van der Waals surface area contributed by atoms with Crippen LogP contribution in [0.2, 0.25) is 0 Å². The summed E-state index contributed by atoms with van der Waals surface area (Å²) < 4.78 is 5.65. The van der Waals surface area contributed by atoms with E-state index in [-0.39, 0.29) is 4.88 Å². The van der Waals surface area contributed by atoms with Crippen molar-refractivity contribution in [2.24, 2.45) is 0 Å². The molecule has 1 N–H and O–H groups in total. The molecule has 0 aliphatic carbocycles. The van der Waals surface area contributed by atoms with Crippen LogP contribution in [0.4, 0.5) is 0 Å². The third-order valence-electron chi connectivity index (χ3n) is 2.76. The van der Waals surface area contributed by atoms with E-state index in [2.05, 4.69) is 11.9 Å². The molecule has 0 unspecified atom stereocenters.